The maximum atomic E-state index is 11.7. The third-order valence-corrected chi connectivity index (χ3v) is 4.71. The zero-order valence-electron chi connectivity index (χ0n) is 9.89. The van der Waals surface area contributed by atoms with E-state index in [2.05, 4.69) is 18.7 Å². The summed E-state index contributed by atoms with van der Waals surface area (Å²) in [5, 5.41) is 8.46. The predicted molar refractivity (Wildman–Crippen MR) is 62.3 cm³/mol. The summed E-state index contributed by atoms with van der Waals surface area (Å²) in [5.41, 5.74) is 0. The van der Waals surface area contributed by atoms with Gasteiger partial charge in [0.05, 0.1) is 6.07 Å². The first-order chi connectivity index (χ1) is 7.55. The minimum Gasteiger partial charge on any atom is -0.300 e. The van der Waals surface area contributed by atoms with Crippen LogP contribution in [-0.2, 0) is 10.0 Å². The van der Waals surface area contributed by atoms with Crippen molar-refractivity contribution in [1.82, 2.24) is 9.21 Å². The van der Waals surface area contributed by atoms with Gasteiger partial charge in [-0.2, -0.15) is 9.57 Å². The van der Waals surface area contributed by atoms with Gasteiger partial charge in [0.25, 0.3) is 0 Å². The van der Waals surface area contributed by atoms with Crippen LogP contribution in [0.5, 0.6) is 0 Å². The quantitative estimate of drug-likeness (QED) is 0.697. The van der Waals surface area contributed by atoms with Gasteiger partial charge in [-0.1, -0.05) is 13.8 Å². The zero-order valence-corrected chi connectivity index (χ0v) is 10.7. The largest absolute Gasteiger partial charge is 0.300 e. The van der Waals surface area contributed by atoms with E-state index in [0.717, 1.165) is 19.5 Å². The van der Waals surface area contributed by atoms with Crippen molar-refractivity contribution >= 4 is 10.0 Å². The Hall–Kier alpha value is -0.640. The normalized spacial score (nSPS) is 22.5. The molecule has 1 saturated heterocycles. The molecule has 0 N–H and O–H groups in total. The molecule has 0 bridgehead atoms. The molecule has 0 radical (unpaired) electrons. The Kier molecular flexibility index (Phi) is 4.71. The Morgan fingerprint density at radius 2 is 2.06 bits per heavy atom. The molecule has 0 aromatic rings. The van der Waals surface area contributed by atoms with Crippen molar-refractivity contribution in [1.29, 1.82) is 5.26 Å². The molecule has 0 amide bonds. The molecule has 0 aromatic carbocycles. The minimum absolute atomic E-state index is 0.309. The van der Waals surface area contributed by atoms with E-state index in [9.17, 15) is 8.42 Å². The van der Waals surface area contributed by atoms with Crippen molar-refractivity contribution in [2.24, 2.45) is 0 Å². The van der Waals surface area contributed by atoms with Gasteiger partial charge in [-0.15, -0.1) is 0 Å². The van der Waals surface area contributed by atoms with Crippen LogP contribution in [0.3, 0.4) is 0 Å². The van der Waals surface area contributed by atoms with Crippen LogP contribution in [0.2, 0.25) is 0 Å². The number of sulfonamides is 1. The van der Waals surface area contributed by atoms with Gasteiger partial charge in [0, 0.05) is 19.1 Å². The fraction of sp³-hybridized carbons (Fsp3) is 0.900. The lowest BCUT2D eigenvalue weighted by Crippen LogP contribution is -2.39. The Bertz CT molecular complexity index is 357. The van der Waals surface area contributed by atoms with E-state index in [1.165, 1.54) is 4.31 Å². The fourth-order valence-corrected chi connectivity index (χ4v) is 3.30. The highest BCUT2D eigenvalue weighted by Gasteiger charge is 2.33. The summed E-state index contributed by atoms with van der Waals surface area (Å²) >= 11 is 0. The van der Waals surface area contributed by atoms with Crippen LogP contribution in [0.15, 0.2) is 0 Å². The second-order valence-corrected chi connectivity index (χ2v) is 5.90. The van der Waals surface area contributed by atoms with E-state index < -0.39 is 15.8 Å². The lowest BCUT2D eigenvalue weighted by atomic mass is 10.2. The highest BCUT2D eigenvalue weighted by atomic mass is 32.2. The maximum absolute atomic E-state index is 11.7. The van der Waals surface area contributed by atoms with Gasteiger partial charge in [-0.05, 0) is 19.5 Å². The van der Waals surface area contributed by atoms with Gasteiger partial charge in [-0.25, -0.2) is 8.42 Å². The molecule has 1 aliphatic rings. The standard InChI is InChI=1S/C10H19N3O2S/c1-3-12(4-2)10-5-7-13(9-10)16(14,15)8-6-11/h10H,3-5,7-9H2,1-2H3. The molecule has 0 spiro atoms. The molecule has 6 heteroatoms. The first kappa shape index (κ1) is 13.4. The van der Waals surface area contributed by atoms with Crippen LogP contribution in [0.1, 0.15) is 20.3 Å². The molecule has 1 unspecified atom stereocenters. The topological polar surface area (TPSA) is 64.4 Å². The molecule has 0 saturated carbocycles. The van der Waals surface area contributed by atoms with E-state index in [-0.39, 0.29) is 0 Å². The molecule has 1 heterocycles. The van der Waals surface area contributed by atoms with Crippen molar-refractivity contribution in [2.45, 2.75) is 26.3 Å². The second-order valence-electron chi connectivity index (χ2n) is 3.94. The zero-order chi connectivity index (χ0) is 12.2. The number of hydrogen-bond acceptors (Lipinski definition) is 4. The average Bonchev–Trinajstić information content (AvgIpc) is 2.69. The first-order valence-electron chi connectivity index (χ1n) is 5.64. The van der Waals surface area contributed by atoms with Gasteiger partial charge in [-0.3, -0.25) is 4.90 Å². The fourth-order valence-electron chi connectivity index (χ4n) is 2.17. The molecular weight excluding hydrogens is 226 g/mol. The average molecular weight is 245 g/mol. The van der Waals surface area contributed by atoms with Gasteiger partial charge < -0.3 is 0 Å². The summed E-state index contributed by atoms with van der Waals surface area (Å²) in [6.45, 7) is 7.11. The van der Waals surface area contributed by atoms with E-state index >= 15 is 0 Å². The second kappa shape index (κ2) is 5.62. The Labute approximate surface area is 97.7 Å². The van der Waals surface area contributed by atoms with E-state index in [1.807, 2.05) is 0 Å². The van der Waals surface area contributed by atoms with Crippen LogP contribution in [0.25, 0.3) is 0 Å². The molecule has 0 aliphatic carbocycles. The minimum atomic E-state index is -3.35. The smallest absolute Gasteiger partial charge is 0.227 e. The molecule has 0 aromatic heterocycles. The highest BCUT2D eigenvalue weighted by molar-refractivity contribution is 7.89. The van der Waals surface area contributed by atoms with Crippen molar-refractivity contribution in [3.05, 3.63) is 0 Å². The van der Waals surface area contributed by atoms with Crippen molar-refractivity contribution < 1.29 is 8.42 Å². The molecule has 5 nitrogen and oxygen atoms in total. The Morgan fingerprint density at radius 1 is 1.44 bits per heavy atom. The monoisotopic (exact) mass is 245 g/mol. The summed E-state index contributed by atoms with van der Waals surface area (Å²) in [4.78, 5) is 2.27. The van der Waals surface area contributed by atoms with Crippen LogP contribution < -0.4 is 0 Å². The van der Waals surface area contributed by atoms with Crippen LogP contribution in [-0.4, -0.2) is 55.6 Å². The number of nitrogens with zero attached hydrogens (tertiary/aromatic N) is 3. The molecule has 1 atom stereocenters. The van der Waals surface area contributed by atoms with E-state index in [0.29, 0.717) is 19.1 Å². The molecule has 16 heavy (non-hydrogen) atoms. The number of rotatable bonds is 5. The Morgan fingerprint density at radius 3 is 2.56 bits per heavy atom. The third-order valence-electron chi connectivity index (χ3n) is 3.10. The van der Waals surface area contributed by atoms with Gasteiger partial charge in [0.1, 0.15) is 0 Å². The molecule has 1 fully saturated rings. The van der Waals surface area contributed by atoms with Gasteiger partial charge in [0.2, 0.25) is 10.0 Å². The summed E-state index contributed by atoms with van der Waals surface area (Å²) in [6.07, 6.45) is 0.867. The predicted octanol–water partition coefficient (Wildman–Crippen LogP) is 0.256. The lowest BCUT2D eigenvalue weighted by Gasteiger charge is -2.25. The van der Waals surface area contributed by atoms with Gasteiger partial charge in [0.15, 0.2) is 5.75 Å². The lowest BCUT2D eigenvalue weighted by molar-refractivity contribution is 0.225. The van der Waals surface area contributed by atoms with Crippen molar-refractivity contribution in [3.63, 3.8) is 0 Å². The summed E-state index contributed by atoms with van der Waals surface area (Å²) in [7, 11) is -3.35. The Balaban J connectivity index is 2.63. The van der Waals surface area contributed by atoms with Crippen LogP contribution in [0.4, 0.5) is 0 Å². The summed E-state index contributed by atoms with van der Waals surface area (Å²) in [6, 6.07) is 2.02. The van der Waals surface area contributed by atoms with Crippen LogP contribution >= 0.6 is 0 Å². The molecule has 92 valence electrons. The number of hydrogen-bond donors (Lipinski definition) is 0. The van der Waals surface area contributed by atoms with Crippen LogP contribution in [0, 0.1) is 11.3 Å². The summed E-state index contributed by atoms with van der Waals surface area (Å²) < 4.78 is 24.8. The third kappa shape index (κ3) is 2.94. The maximum Gasteiger partial charge on any atom is 0.227 e. The molecule has 1 aliphatic heterocycles. The SMILES string of the molecule is CCN(CC)C1CCN(S(=O)(=O)CC#N)C1. The number of likely N-dealkylation sites (N-methyl/N-ethyl adjacent to an activating group) is 1. The summed E-state index contributed by atoms with van der Waals surface area (Å²) in [5.74, 6) is -0.405. The highest BCUT2D eigenvalue weighted by Crippen LogP contribution is 2.18. The van der Waals surface area contributed by atoms with Crippen molar-refractivity contribution in [3.8, 4) is 6.07 Å². The first-order valence-corrected chi connectivity index (χ1v) is 7.24. The van der Waals surface area contributed by atoms with Crippen molar-refractivity contribution in [2.75, 3.05) is 31.9 Å². The van der Waals surface area contributed by atoms with E-state index in [1.54, 1.807) is 6.07 Å². The molecular formula is C10H19N3O2S. The molecule has 1 rings (SSSR count). The van der Waals surface area contributed by atoms with Gasteiger partial charge >= 0.3 is 0 Å². The van der Waals surface area contributed by atoms with E-state index in [4.69, 9.17) is 5.26 Å². The number of nitriles is 1.